The van der Waals surface area contributed by atoms with Gasteiger partial charge >= 0.3 is 0 Å². The fourth-order valence-electron chi connectivity index (χ4n) is 2.51. The number of nitrogens with one attached hydrogen (secondary N) is 1. The van der Waals surface area contributed by atoms with E-state index in [9.17, 15) is 9.59 Å². The summed E-state index contributed by atoms with van der Waals surface area (Å²) in [6.45, 7) is -0.0112. The molecule has 1 N–H and O–H groups in total. The molecule has 0 aliphatic heterocycles. The number of amides is 1. The first-order valence-corrected chi connectivity index (χ1v) is 7.76. The van der Waals surface area contributed by atoms with Crippen LogP contribution in [0.5, 0.6) is 0 Å². The highest BCUT2D eigenvalue weighted by Crippen LogP contribution is 2.19. The Balaban J connectivity index is 1.64. The second-order valence-corrected chi connectivity index (χ2v) is 5.41. The summed E-state index contributed by atoms with van der Waals surface area (Å²) in [5.74, 6) is -0.394. The van der Waals surface area contributed by atoms with Crippen molar-refractivity contribution in [3.8, 4) is 0 Å². The maximum atomic E-state index is 12.0. The highest BCUT2D eigenvalue weighted by molar-refractivity contribution is 6.02. The van der Waals surface area contributed by atoms with Gasteiger partial charge in [-0.2, -0.15) is 0 Å². The Labute approximate surface area is 140 Å². The lowest BCUT2D eigenvalue weighted by Crippen LogP contribution is -2.27. The van der Waals surface area contributed by atoms with Gasteiger partial charge in [0.15, 0.2) is 5.78 Å². The van der Waals surface area contributed by atoms with Crippen LogP contribution in [0.4, 0.5) is 0 Å². The molecule has 0 aliphatic rings. The molecule has 0 heterocycles. The molecule has 3 aromatic rings. The Morgan fingerprint density at radius 1 is 0.833 bits per heavy atom. The van der Waals surface area contributed by atoms with Crippen LogP contribution in [0.25, 0.3) is 16.8 Å². The second-order valence-electron chi connectivity index (χ2n) is 5.41. The lowest BCUT2D eigenvalue weighted by Gasteiger charge is -2.03. The summed E-state index contributed by atoms with van der Waals surface area (Å²) in [5.41, 5.74) is 1.56. The molecule has 0 atom stereocenters. The van der Waals surface area contributed by atoms with Crippen molar-refractivity contribution < 1.29 is 9.59 Å². The van der Waals surface area contributed by atoms with Gasteiger partial charge in [0.1, 0.15) is 0 Å². The highest BCUT2D eigenvalue weighted by Gasteiger charge is 2.06. The minimum atomic E-state index is -0.285. The van der Waals surface area contributed by atoms with Crippen LogP contribution in [0, 0.1) is 0 Å². The van der Waals surface area contributed by atoms with E-state index < -0.39 is 0 Å². The van der Waals surface area contributed by atoms with Gasteiger partial charge in [-0.25, -0.2) is 0 Å². The molecular formula is C21H17NO2. The molecule has 3 rings (SSSR count). The van der Waals surface area contributed by atoms with E-state index in [0.29, 0.717) is 5.56 Å². The minimum absolute atomic E-state index is 0.0112. The van der Waals surface area contributed by atoms with Gasteiger partial charge in [-0.3, -0.25) is 9.59 Å². The molecule has 0 fully saturated rings. The van der Waals surface area contributed by atoms with Crippen molar-refractivity contribution in [2.75, 3.05) is 6.54 Å². The van der Waals surface area contributed by atoms with E-state index >= 15 is 0 Å². The van der Waals surface area contributed by atoms with Crippen LogP contribution in [0.3, 0.4) is 0 Å². The molecule has 0 saturated carbocycles. The Morgan fingerprint density at radius 2 is 1.54 bits per heavy atom. The van der Waals surface area contributed by atoms with E-state index in [1.807, 2.05) is 48.5 Å². The largest absolute Gasteiger partial charge is 0.345 e. The minimum Gasteiger partial charge on any atom is -0.345 e. The molecule has 0 bridgehead atoms. The summed E-state index contributed by atoms with van der Waals surface area (Å²) in [6.07, 6.45) is 3.23. The van der Waals surface area contributed by atoms with Crippen LogP contribution in [0.15, 0.2) is 78.9 Å². The first-order valence-electron chi connectivity index (χ1n) is 7.76. The molecule has 0 aromatic heterocycles. The number of carbonyl (C=O) groups excluding carboxylic acids is 2. The molecule has 118 valence electrons. The Bertz CT molecular complexity index is 893. The van der Waals surface area contributed by atoms with Crippen molar-refractivity contribution in [2.24, 2.45) is 0 Å². The van der Waals surface area contributed by atoms with Crippen LogP contribution in [0.2, 0.25) is 0 Å². The van der Waals surface area contributed by atoms with E-state index in [4.69, 9.17) is 0 Å². The third kappa shape index (κ3) is 3.76. The first kappa shape index (κ1) is 15.7. The summed E-state index contributed by atoms with van der Waals surface area (Å²) in [7, 11) is 0. The van der Waals surface area contributed by atoms with E-state index in [2.05, 4.69) is 5.32 Å². The summed E-state index contributed by atoms with van der Waals surface area (Å²) < 4.78 is 0. The topological polar surface area (TPSA) is 46.2 Å². The number of Topliss-reactive ketones (excluding diaryl/α,β-unsaturated/α-hetero) is 1. The molecule has 0 unspecified atom stereocenters. The fraction of sp³-hybridized carbons (Fsp3) is 0.0476. The van der Waals surface area contributed by atoms with Crippen molar-refractivity contribution in [1.29, 1.82) is 0 Å². The number of benzene rings is 3. The molecule has 3 nitrogen and oxygen atoms in total. The molecule has 0 radical (unpaired) electrons. The van der Waals surface area contributed by atoms with Gasteiger partial charge in [0.25, 0.3) is 0 Å². The normalized spacial score (nSPS) is 10.8. The third-order valence-corrected chi connectivity index (χ3v) is 3.76. The number of ketones is 1. The average Bonchev–Trinajstić information content (AvgIpc) is 2.65. The van der Waals surface area contributed by atoms with Crippen molar-refractivity contribution in [3.05, 3.63) is 90.0 Å². The van der Waals surface area contributed by atoms with Crippen molar-refractivity contribution in [1.82, 2.24) is 5.32 Å². The molecule has 24 heavy (non-hydrogen) atoms. The SMILES string of the molecule is O=C(/C=C/c1cccc2ccccc12)NCC(=O)c1ccccc1. The number of hydrogen-bond acceptors (Lipinski definition) is 2. The van der Waals surface area contributed by atoms with Crippen LogP contribution in [-0.4, -0.2) is 18.2 Å². The molecule has 0 saturated heterocycles. The molecule has 1 amide bonds. The summed E-state index contributed by atoms with van der Waals surface area (Å²) in [5, 5.41) is 4.84. The second kappa shape index (κ2) is 7.38. The zero-order valence-electron chi connectivity index (χ0n) is 13.1. The standard InChI is InChI=1S/C21H17NO2/c23-20(18-8-2-1-3-9-18)15-22-21(24)14-13-17-11-6-10-16-7-4-5-12-19(16)17/h1-14H,15H2,(H,22,24)/b14-13+. The summed E-state index contributed by atoms with van der Waals surface area (Å²) in [4.78, 5) is 23.9. The van der Waals surface area contributed by atoms with Gasteiger partial charge < -0.3 is 5.32 Å². The van der Waals surface area contributed by atoms with Gasteiger partial charge in [0.2, 0.25) is 5.91 Å². The number of carbonyl (C=O) groups is 2. The zero-order valence-corrected chi connectivity index (χ0v) is 13.1. The smallest absolute Gasteiger partial charge is 0.244 e. The summed E-state index contributed by atoms with van der Waals surface area (Å²) >= 11 is 0. The fourth-order valence-corrected chi connectivity index (χ4v) is 2.51. The Kier molecular flexibility index (Phi) is 4.82. The molecule has 3 heteroatoms. The van der Waals surface area contributed by atoms with Crippen LogP contribution in [-0.2, 0) is 4.79 Å². The Morgan fingerprint density at radius 3 is 2.38 bits per heavy atom. The molecule has 0 spiro atoms. The summed E-state index contributed by atoms with van der Waals surface area (Å²) in [6, 6.07) is 22.9. The molecular weight excluding hydrogens is 298 g/mol. The predicted octanol–water partition coefficient (Wildman–Crippen LogP) is 3.85. The average molecular weight is 315 g/mol. The van der Waals surface area contributed by atoms with Gasteiger partial charge in [-0.15, -0.1) is 0 Å². The van der Waals surface area contributed by atoms with Crippen molar-refractivity contribution in [3.63, 3.8) is 0 Å². The lowest BCUT2D eigenvalue weighted by atomic mass is 10.0. The number of fused-ring (bicyclic) bond motifs is 1. The van der Waals surface area contributed by atoms with Crippen molar-refractivity contribution >= 4 is 28.5 Å². The molecule has 3 aromatic carbocycles. The monoisotopic (exact) mass is 315 g/mol. The van der Waals surface area contributed by atoms with Crippen LogP contribution in [0.1, 0.15) is 15.9 Å². The van der Waals surface area contributed by atoms with Gasteiger partial charge in [-0.05, 0) is 22.4 Å². The highest BCUT2D eigenvalue weighted by atomic mass is 16.2. The lowest BCUT2D eigenvalue weighted by molar-refractivity contribution is -0.116. The van der Waals surface area contributed by atoms with Crippen LogP contribution < -0.4 is 5.32 Å². The predicted molar refractivity (Wildman–Crippen MR) is 96.8 cm³/mol. The van der Waals surface area contributed by atoms with E-state index in [-0.39, 0.29) is 18.2 Å². The quantitative estimate of drug-likeness (QED) is 0.574. The molecule has 0 aliphatic carbocycles. The third-order valence-electron chi connectivity index (χ3n) is 3.76. The van der Waals surface area contributed by atoms with Gasteiger partial charge in [0, 0.05) is 11.6 Å². The maximum absolute atomic E-state index is 12.0. The van der Waals surface area contributed by atoms with E-state index in [1.165, 1.54) is 6.08 Å². The van der Waals surface area contributed by atoms with Gasteiger partial charge in [0.05, 0.1) is 6.54 Å². The van der Waals surface area contributed by atoms with Gasteiger partial charge in [-0.1, -0.05) is 72.8 Å². The number of rotatable bonds is 5. The Hall–Kier alpha value is -3.20. The first-order chi connectivity index (χ1) is 11.7. The zero-order chi connectivity index (χ0) is 16.8. The van der Waals surface area contributed by atoms with E-state index in [0.717, 1.165) is 16.3 Å². The van der Waals surface area contributed by atoms with Crippen LogP contribution >= 0.6 is 0 Å². The van der Waals surface area contributed by atoms with Crippen molar-refractivity contribution in [2.45, 2.75) is 0 Å². The van der Waals surface area contributed by atoms with E-state index in [1.54, 1.807) is 30.3 Å². The maximum Gasteiger partial charge on any atom is 0.244 e. The number of hydrogen-bond donors (Lipinski definition) is 1.